The van der Waals surface area contributed by atoms with E-state index in [0.717, 1.165) is 32.1 Å². The molecular weight excluding hydrogens is 384 g/mol. The summed E-state index contributed by atoms with van der Waals surface area (Å²) >= 11 is 0. The zero-order chi connectivity index (χ0) is 21.3. The molecule has 1 heterocycles. The van der Waals surface area contributed by atoms with Crippen molar-refractivity contribution in [3.8, 4) is 0 Å². The molecule has 3 saturated carbocycles. The molecule has 4 aliphatic carbocycles. The molecule has 6 heteroatoms. The maximum absolute atomic E-state index is 12.9. The van der Waals surface area contributed by atoms with Crippen LogP contribution in [0.2, 0.25) is 0 Å². The number of allylic oxidation sites excluding steroid dienone is 1. The second-order valence-corrected chi connectivity index (χ2v) is 10.7. The number of carbonyl (C=O) groups excluding carboxylic acids is 3. The fourth-order valence-electron chi connectivity index (χ4n) is 8.04. The van der Waals surface area contributed by atoms with Crippen molar-refractivity contribution < 1.29 is 29.0 Å². The number of hydrogen-bond donors (Lipinski definition) is 1. The van der Waals surface area contributed by atoms with E-state index in [0.29, 0.717) is 37.7 Å². The minimum Gasteiger partial charge on any atom is -0.469 e. The summed E-state index contributed by atoms with van der Waals surface area (Å²) < 4.78 is 11.2. The van der Waals surface area contributed by atoms with E-state index in [4.69, 9.17) is 9.47 Å². The minimum atomic E-state index is -1.03. The SMILES string of the molecule is COC(=O)[C@@H]1CC2=CC(=O)CC[C@]2(O)C[C@@H]2C[C@@H]1[C@@H]1CC[C@]3(CCC(=O)O3)[C@@]1(C)C2. The molecule has 5 aliphatic rings. The summed E-state index contributed by atoms with van der Waals surface area (Å²) in [5.41, 5.74) is -0.944. The van der Waals surface area contributed by atoms with E-state index >= 15 is 0 Å². The number of esters is 2. The molecule has 0 aromatic carbocycles. The lowest BCUT2D eigenvalue weighted by atomic mass is 9.51. The fourth-order valence-corrected chi connectivity index (χ4v) is 8.04. The lowest BCUT2D eigenvalue weighted by Crippen LogP contribution is -2.54. The molecule has 5 rings (SSSR count). The van der Waals surface area contributed by atoms with Crippen LogP contribution in [-0.4, -0.2) is 41.1 Å². The number of hydrogen-bond acceptors (Lipinski definition) is 6. The van der Waals surface area contributed by atoms with E-state index in [1.807, 2.05) is 0 Å². The molecule has 164 valence electrons. The van der Waals surface area contributed by atoms with Gasteiger partial charge in [0.05, 0.1) is 18.6 Å². The summed E-state index contributed by atoms with van der Waals surface area (Å²) in [4.78, 5) is 37.2. The van der Waals surface area contributed by atoms with Gasteiger partial charge in [0.15, 0.2) is 5.78 Å². The summed E-state index contributed by atoms with van der Waals surface area (Å²) in [6, 6.07) is 0. The first-order chi connectivity index (χ1) is 14.2. The first-order valence-corrected chi connectivity index (χ1v) is 11.5. The normalized spacial score (nSPS) is 47.6. The van der Waals surface area contributed by atoms with E-state index in [1.165, 1.54) is 7.11 Å². The molecule has 0 aromatic rings. The van der Waals surface area contributed by atoms with Gasteiger partial charge in [-0.15, -0.1) is 0 Å². The maximum Gasteiger partial charge on any atom is 0.309 e. The van der Waals surface area contributed by atoms with Crippen molar-refractivity contribution in [3.05, 3.63) is 11.6 Å². The van der Waals surface area contributed by atoms with Gasteiger partial charge in [0, 0.05) is 18.3 Å². The average molecular weight is 417 g/mol. The number of methoxy groups -OCH3 is 1. The Kier molecular flexibility index (Phi) is 4.48. The van der Waals surface area contributed by atoms with Gasteiger partial charge in [-0.25, -0.2) is 0 Å². The number of fused-ring (bicyclic) bond motifs is 6. The second kappa shape index (κ2) is 6.65. The summed E-state index contributed by atoms with van der Waals surface area (Å²) in [6.07, 6.45) is 8.14. The Hall–Kier alpha value is -1.69. The Morgan fingerprint density at radius 3 is 2.70 bits per heavy atom. The van der Waals surface area contributed by atoms with Gasteiger partial charge < -0.3 is 14.6 Å². The van der Waals surface area contributed by atoms with Crippen LogP contribution in [-0.2, 0) is 23.9 Å². The molecule has 0 radical (unpaired) electrons. The topological polar surface area (TPSA) is 89.9 Å². The van der Waals surface area contributed by atoms with Crippen molar-refractivity contribution in [2.75, 3.05) is 7.11 Å². The molecular formula is C24H32O6. The molecule has 6 nitrogen and oxygen atoms in total. The molecule has 1 N–H and O–H groups in total. The minimum absolute atomic E-state index is 0.0338. The van der Waals surface area contributed by atoms with Crippen LogP contribution in [0, 0.1) is 29.1 Å². The quantitative estimate of drug-likeness (QED) is 0.661. The van der Waals surface area contributed by atoms with E-state index < -0.39 is 11.2 Å². The van der Waals surface area contributed by atoms with Gasteiger partial charge in [-0.3, -0.25) is 14.4 Å². The predicted octanol–water partition coefficient (Wildman–Crippen LogP) is 3.11. The fraction of sp³-hybridized carbons (Fsp3) is 0.792. The average Bonchev–Trinajstić information content (AvgIpc) is 3.21. The van der Waals surface area contributed by atoms with Gasteiger partial charge >= 0.3 is 11.9 Å². The number of aliphatic hydroxyl groups is 1. The summed E-state index contributed by atoms with van der Waals surface area (Å²) in [5.74, 6) is -0.0981. The first-order valence-electron chi connectivity index (χ1n) is 11.5. The first kappa shape index (κ1) is 20.2. The largest absolute Gasteiger partial charge is 0.469 e. The zero-order valence-electron chi connectivity index (χ0n) is 17.9. The van der Waals surface area contributed by atoms with E-state index in [2.05, 4.69) is 6.92 Å². The highest BCUT2D eigenvalue weighted by molar-refractivity contribution is 5.92. The van der Waals surface area contributed by atoms with Gasteiger partial charge in [0.2, 0.25) is 0 Å². The smallest absolute Gasteiger partial charge is 0.309 e. The molecule has 2 bridgehead atoms. The van der Waals surface area contributed by atoms with Crippen molar-refractivity contribution in [3.63, 3.8) is 0 Å². The van der Waals surface area contributed by atoms with Crippen LogP contribution in [0.5, 0.6) is 0 Å². The van der Waals surface area contributed by atoms with Crippen molar-refractivity contribution in [1.29, 1.82) is 0 Å². The molecule has 0 unspecified atom stereocenters. The molecule has 1 spiro atoms. The maximum atomic E-state index is 12.9. The monoisotopic (exact) mass is 416 g/mol. The third kappa shape index (κ3) is 2.75. The summed E-state index contributed by atoms with van der Waals surface area (Å²) in [7, 11) is 1.42. The van der Waals surface area contributed by atoms with Crippen molar-refractivity contribution in [2.45, 2.75) is 82.3 Å². The van der Waals surface area contributed by atoms with Crippen molar-refractivity contribution >= 4 is 17.7 Å². The molecule has 0 amide bonds. The lowest BCUT2D eigenvalue weighted by molar-refractivity contribution is -0.173. The highest BCUT2D eigenvalue weighted by Crippen LogP contribution is 2.67. The number of ether oxygens (including phenoxy) is 2. The highest BCUT2D eigenvalue weighted by atomic mass is 16.6. The third-order valence-electron chi connectivity index (χ3n) is 9.40. The molecule has 4 fully saturated rings. The van der Waals surface area contributed by atoms with Gasteiger partial charge in [0.1, 0.15) is 5.60 Å². The highest BCUT2D eigenvalue weighted by Gasteiger charge is 2.67. The standard InChI is InChI=1S/C24H32O6/c1-22-12-14-9-17(19(22)4-7-24(22)8-5-20(26)30-24)18(21(27)29-2)11-15-10-16(25)3-6-23(15,28)13-14/h10,14,17-19,28H,3-9,11-13H2,1-2H3/t14-,17+,18-,19+,22+,23+,24+/m1/s1. The Morgan fingerprint density at radius 1 is 1.20 bits per heavy atom. The van der Waals surface area contributed by atoms with E-state index in [1.54, 1.807) is 6.08 Å². The number of ketones is 1. The van der Waals surface area contributed by atoms with Crippen molar-refractivity contribution in [2.24, 2.45) is 29.1 Å². The Bertz CT molecular complexity index is 832. The van der Waals surface area contributed by atoms with Crippen molar-refractivity contribution in [1.82, 2.24) is 0 Å². The third-order valence-corrected chi connectivity index (χ3v) is 9.40. The Morgan fingerprint density at radius 2 is 2.00 bits per heavy atom. The molecule has 1 saturated heterocycles. The number of carbonyl (C=O) groups is 3. The second-order valence-electron chi connectivity index (χ2n) is 10.7. The van der Waals surface area contributed by atoms with Crippen LogP contribution in [0.3, 0.4) is 0 Å². The van der Waals surface area contributed by atoms with E-state index in [9.17, 15) is 19.5 Å². The summed E-state index contributed by atoms with van der Waals surface area (Å²) in [6.45, 7) is 2.25. The van der Waals surface area contributed by atoms with Crippen LogP contribution in [0.4, 0.5) is 0 Å². The van der Waals surface area contributed by atoms with E-state index in [-0.39, 0.29) is 46.8 Å². The predicted molar refractivity (Wildman–Crippen MR) is 107 cm³/mol. The zero-order valence-corrected chi connectivity index (χ0v) is 17.9. The van der Waals surface area contributed by atoms with Crippen LogP contribution in [0.15, 0.2) is 11.6 Å². The Balaban J connectivity index is 1.58. The van der Waals surface area contributed by atoms with Crippen LogP contribution in [0.25, 0.3) is 0 Å². The Labute approximate surface area is 177 Å². The van der Waals surface area contributed by atoms with Crippen LogP contribution in [0.1, 0.15) is 71.1 Å². The van der Waals surface area contributed by atoms with Gasteiger partial charge in [0.25, 0.3) is 0 Å². The van der Waals surface area contributed by atoms with Gasteiger partial charge in [-0.05, 0) is 80.8 Å². The lowest BCUT2D eigenvalue weighted by Gasteiger charge is -2.55. The van der Waals surface area contributed by atoms with Crippen LogP contribution < -0.4 is 0 Å². The molecule has 30 heavy (non-hydrogen) atoms. The molecule has 1 aliphatic heterocycles. The van der Waals surface area contributed by atoms with Gasteiger partial charge in [-0.1, -0.05) is 6.92 Å². The summed E-state index contributed by atoms with van der Waals surface area (Å²) in [5, 5.41) is 11.6. The van der Waals surface area contributed by atoms with Gasteiger partial charge in [-0.2, -0.15) is 0 Å². The molecule has 7 atom stereocenters. The molecule has 0 aromatic heterocycles. The number of rotatable bonds is 1. The van der Waals surface area contributed by atoms with Crippen LogP contribution >= 0.6 is 0 Å².